The Balaban J connectivity index is 2.47. The van der Waals surface area contributed by atoms with Gasteiger partial charge in [-0.15, -0.1) is 0 Å². The minimum absolute atomic E-state index is 0.412. The first-order chi connectivity index (χ1) is 6.24. The van der Waals surface area contributed by atoms with Crippen molar-refractivity contribution >= 4 is 5.97 Å². The Kier molecular flexibility index (Phi) is 3.96. The third kappa shape index (κ3) is 3.19. The van der Waals surface area contributed by atoms with Crippen LogP contribution in [0.25, 0.3) is 0 Å². The van der Waals surface area contributed by atoms with Crippen LogP contribution in [0.3, 0.4) is 0 Å². The second kappa shape index (κ2) is 5.02. The molecule has 1 aliphatic rings. The normalized spacial score (nSPS) is 20.0. The fraction of sp³-hybridized carbons (Fsp3) is 0.700. The molecule has 0 spiro atoms. The van der Waals surface area contributed by atoms with Crippen molar-refractivity contribution in [2.24, 2.45) is 11.8 Å². The molecule has 0 heterocycles. The molecule has 1 aliphatic carbocycles. The van der Waals surface area contributed by atoms with Gasteiger partial charge < -0.3 is 4.84 Å². The van der Waals surface area contributed by atoms with Crippen molar-refractivity contribution in [3.8, 4) is 0 Å². The Hall–Kier alpha value is -0.830. The molecule has 74 valence electrons. The third-order valence-electron chi connectivity index (χ3n) is 2.56. The molecule has 0 unspecified atom stereocenters. The van der Waals surface area contributed by atoms with Crippen LogP contribution in [0.5, 0.6) is 0 Å². The highest BCUT2D eigenvalue weighted by atomic mass is 16.7. The summed E-state index contributed by atoms with van der Waals surface area (Å²) in [4.78, 5) is 15.1. The zero-order valence-electron chi connectivity index (χ0n) is 8.08. The average Bonchev–Trinajstić information content (AvgIpc) is 2.18. The monoisotopic (exact) mass is 183 g/mol. The molecule has 0 aromatic carbocycles. The summed E-state index contributed by atoms with van der Waals surface area (Å²) in [5.74, 6) is 4.93. The minimum Gasteiger partial charge on any atom is -0.370 e. The van der Waals surface area contributed by atoms with Gasteiger partial charge in [-0.2, -0.15) is 5.90 Å². The van der Waals surface area contributed by atoms with E-state index in [0.717, 1.165) is 0 Å². The van der Waals surface area contributed by atoms with Crippen LogP contribution in [-0.2, 0) is 9.63 Å². The highest BCUT2D eigenvalue weighted by Crippen LogP contribution is 2.25. The Bertz CT molecular complexity index is 205. The molecule has 0 saturated heterocycles. The number of hydrogen-bond donors (Lipinski definition) is 1. The lowest BCUT2D eigenvalue weighted by atomic mass is 9.88. The van der Waals surface area contributed by atoms with E-state index < -0.39 is 5.97 Å². The van der Waals surface area contributed by atoms with Crippen molar-refractivity contribution in [3.05, 3.63) is 11.6 Å². The van der Waals surface area contributed by atoms with E-state index in [-0.39, 0.29) is 0 Å². The number of hydrogen-bond acceptors (Lipinski definition) is 3. The summed E-state index contributed by atoms with van der Waals surface area (Å²) in [5.41, 5.74) is 0.634. The van der Waals surface area contributed by atoms with E-state index in [1.165, 1.54) is 32.1 Å². The molecular formula is C10H17NO2. The maximum absolute atomic E-state index is 11.0. The van der Waals surface area contributed by atoms with Crippen LogP contribution in [0.4, 0.5) is 0 Å². The van der Waals surface area contributed by atoms with Crippen molar-refractivity contribution in [1.29, 1.82) is 0 Å². The van der Waals surface area contributed by atoms with Crippen LogP contribution < -0.4 is 5.90 Å². The van der Waals surface area contributed by atoms with E-state index in [4.69, 9.17) is 5.90 Å². The van der Waals surface area contributed by atoms with Gasteiger partial charge in [-0.05, 0) is 25.7 Å². The standard InChI is InChI=1S/C10H17NO2/c1-8(10(12)13-11)7-9-5-3-2-4-6-9/h7,9H,2-6,11H2,1H3. The fourth-order valence-corrected chi connectivity index (χ4v) is 1.82. The molecule has 3 heteroatoms. The molecule has 0 bridgehead atoms. The topological polar surface area (TPSA) is 52.3 Å². The van der Waals surface area contributed by atoms with Crippen LogP contribution in [0.1, 0.15) is 39.0 Å². The molecule has 0 aromatic rings. The minimum atomic E-state index is -0.412. The molecule has 0 aromatic heterocycles. The summed E-state index contributed by atoms with van der Waals surface area (Å²) >= 11 is 0. The number of carbonyl (C=O) groups is 1. The van der Waals surface area contributed by atoms with Gasteiger partial charge in [0, 0.05) is 5.57 Å². The predicted molar refractivity (Wildman–Crippen MR) is 50.6 cm³/mol. The number of rotatable bonds is 2. The lowest BCUT2D eigenvalue weighted by Gasteiger charge is -2.18. The molecule has 1 saturated carbocycles. The summed E-state index contributed by atoms with van der Waals surface area (Å²) in [5, 5.41) is 0. The van der Waals surface area contributed by atoms with Gasteiger partial charge >= 0.3 is 5.97 Å². The van der Waals surface area contributed by atoms with Crippen LogP contribution >= 0.6 is 0 Å². The summed E-state index contributed by atoms with van der Waals surface area (Å²) < 4.78 is 0. The van der Waals surface area contributed by atoms with E-state index in [2.05, 4.69) is 4.84 Å². The lowest BCUT2D eigenvalue weighted by Crippen LogP contribution is -2.12. The predicted octanol–water partition coefficient (Wildman–Crippen LogP) is 1.93. The summed E-state index contributed by atoms with van der Waals surface area (Å²) in [6.45, 7) is 1.75. The Labute approximate surface area is 78.9 Å². The number of carbonyl (C=O) groups excluding carboxylic acids is 1. The highest BCUT2D eigenvalue weighted by molar-refractivity contribution is 5.87. The fourth-order valence-electron chi connectivity index (χ4n) is 1.82. The lowest BCUT2D eigenvalue weighted by molar-refractivity contribution is -0.139. The van der Waals surface area contributed by atoms with Crippen molar-refractivity contribution < 1.29 is 9.63 Å². The average molecular weight is 183 g/mol. The van der Waals surface area contributed by atoms with E-state index in [1.54, 1.807) is 6.92 Å². The first kappa shape index (κ1) is 10.3. The summed E-state index contributed by atoms with van der Waals surface area (Å²) in [7, 11) is 0. The molecule has 1 rings (SSSR count). The molecule has 0 amide bonds. The van der Waals surface area contributed by atoms with E-state index >= 15 is 0 Å². The van der Waals surface area contributed by atoms with Gasteiger partial charge in [-0.1, -0.05) is 25.3 Å². The smallest absolute Gasteiger partial charge is 0.351 e. The van der Waals surface area contributed by atoms with Crippen molar-refractivity contribution in [2.45, 2.75) is 39.0 Å². The molecule has 3 nitrogen and oxygen atoms in total. The van der Waals surface area contributed by atoms with Crippen LogP contribution in [-0.4, -0.2) is 5.97 Å². The zero-order valence-corrected chi connectivity index (χ0v) is 8.08. The van der Waals surface area contributed by atoms with Crippen molar-refractivity contribution in [1.82, 2.24) is 0 Å². The van der Waals surface area contributed by atoms with Gasteiger partial charge in [0.15, 0.2) is 0 Å². The van der Waals surface area contributed by atoms with Crippen LogP contribution in [0.15, 0.2) is 11.6 Å². The van der Waals surface area contributed by atoms with Gasteiger partial charge in [0.25, 0.3) is 0 Å². The number of nitrogens with two attached hydrogens (primary N) is 1. The first-order valence-corrected chi connectivity index (χ1v) is 4.83. The molecular weight excluding hydrogens is 166 g/mol. The Morgan fingerprint density at radius 3 is 2.54 bits per heavy atom. The second-order valence-electron chi connectivity index (χ2n) is 3.65. The van der Waals surface area contributed by atoms with Gasteiger partial charge in [0.05, 0.1) is 0 Å². The molecule has 0 atom stereocenters. The Morgan fingerprint density at radius 1 is 1.38 bits per heavy atom. The van der Waals surface area contributed by atoms with Crippen molar-refractivity contribution in [3.63, 3.8) is 0 Å². The first-order valence-electron chi connectivity index (χ1n) is 4.83. The SMILES string of the molecule is CC(=CC1CCCCC1)C(=O)ON. The Morgan fingerprint density at radius 2 is 2.00 bits per heavy atom. The zero-order chi connectivity index (χ0) is 9.68. The maximum Gasteiger partial charge on any atom is 0.351 e. The maximum atomic E-state index is 11.0. The quantitative estimate of drug-likeness (QED) is 0.525. The second-order valence-corrected chi connectivity index (χ2v) is 3.65. The molecule has 0 radical (unpaired) electrons. The van der Waals surface area contributed by atoms with Crippen LogP contribution in [0, 0.1) is 5.92 Å². The molecule has 13 heavy (non-hydrogen) atoms. The van der Waals surface area contributed by atoms with E-state index in [0.29, 0.717) is 11.5 Å². The summed E-state index contributed by atoms with van der Waals surface area (Å²) in [6.07, 6.45) is 8.24. The van der Waals surface area contributed by atoms with Gasteiger partial charge in [0.1, 0.15) is 0 Å². The van der Waals surface area contributed by atoms with E-state index in [1.807, 2.05) is 6.08 Å². The molecule has 2 N–H and O–H groups in total. The number of allylic oxidation sites excluding steroid dienone is 1. The molecule has 1 fully saturated rings. The van der Waals surface area contributed by atoms with Gasteiger partial charge in [-0.3, -0.25) is 0 Å². The van der Waals surface area contributed by atoms with Crippen molar-refractivity contribution in [2.75, 3.05) is 0 Å². The van der Waals surface area contributed by atoms with Gasteiger partial charge in [0.2, 0.25) is 0 Å². The van der Waals surface area contributed by atoms with E-state index in [9.17, 15) is 4.79 Å². The third-order valence-corrected chi connectivity index (χ3v) is 2.56. The largest absolute Gasteiger partial charge is 0.370 e. The molecule has 0 aliphatic heterocycles. The van der Waals surface area contributed by atoms with Gasteiger partial charge in [-0.25, -0.2) is 4.79 Å². The summed E-state index contributed by atoms with van der Waals surface area (Å²) in [6, 6.07) is 0. The highest BCUT2D eigenvalue weighted by Gasteiger charge is 2.13. The van der Waals surface area contributed by atoms with Crippen LogP contribution in [0.2, 0.25) is 0 Å².